The average Bonchev–Trinajstić information content (AvgIpc) is 3.18. The Labute approximate surface area is 150 Å². The highest BCUT2D eigenvalue weighted by atomic mass is 35.5. The Morgan fingerprint density at radius 3 is 2.32 bits per heavy atom. The summed E-state index contributed by atoms with van der Waals surface area (Å²) in [5.41, 5.74) is 0. The molecule has 2 saturated heterocycles. The standard InChI is InChI=1S/C16H17ClN2O5S/c17-11-1-3-12(4-2-11)25(23,24)13-7-8-18(9-13)16(22)10-19-14(20)5-6-15(19)21/h1-4,13H,5-10H2. The van der Waals surface area contributed by atoms with Gasteiger partial charge in [-0.2, -0.15) is 0 Å². The quantitative estimate of drug-likeness (QED) is 0.718. The molecule has 2 heterocycles. The van der Waals surface area contributed by atoms with E-state index in [0.717, 1.165) is 4.90 Å². The molecule has 0 aliphatic carbocycles. The van der Waals surface area contributed by atoms with Gasteiger partial charge in [-0.15, -0.1) is 0 Å². The summed E-state index contributed by atoms with van der Waals surface area (Å²) in [4.78, 5) is 38.0. The number of nitrogens with zero attached hydrogens (tertiary/aromatic N) is 2. The van der Waals surface area contributed by atoms with Crippen molar-refractivity contribution in [2.75, 3.05) is 19.6 Å². The van der Waals surface area contributed by atoms with Gasteiger partial charge in [-0.25, -0.2) is 8.42 Å². The van der Waals surface area contributed by atoms with E-state index in [4.69, 9.17) is 11.6 Å². The van der Waals surface area contributed by atoms with Gasteiger partial charge in [-0.3, -0.25) is 19.3 Å². The summed E-state index contributed by atoms with van der Waals surface area (Å²) in [5.74, 6) is -1.12. The second-order valence-electron chi connectivity index (χ2n) is 6.12. The molecule has 25 heavy (non-hydrogen) atoms. The van der Waals surface area contributed by atoms with E-state index in [1.54, 1.807) is 0 Å². The van der Waals surface area contributed by atoms with Crippen LogP contribution in [0.3, 0.4) is 0 Å². The summed E-state index contributed by atoms with van der Waals surface area (Å²) >= 11 is 5.78. The molecule has 7 nitrogen and oxygen atoms in total. The summed E-state index contributed by atoms with van der Waals surface area (Å²) in [6, 6.07) is 5.92. The Hall–Kier alpha value is -1.93. The van der Waals surface area contributed by atoms with Gasteiger partial charge in [0.05, 0.1) is 10.1 Å². The van der Waals surface area contributed by atoms with Crippen molar-refractivity contribution in [1.82, 2.24) is 9.80 Å². The molecule has 0 N–H and O–H groups in total. The Morgan fingerprint density at radius 1 is 1.12 bits per heavy atom. The lowest BCUT2D eigenvalue weighted by atomic mass is 10.4. The Balaban J connectivity index is 1.66. The van der Waals surface area contributed by atoms with E-state index < -0.39 is 21.0 Å². The molecule has 1 aromatic rings. The zero-order valence-corrected chi connectivity index (χ0v) is 14.9. The number of halogens is 1. The third-order valence-electron chi connectivity index (χ3n) is 4.53. The molecule has 3 rings (SSSR count). The van der Waals surface area contributed by atoms with Crippen LogP contribution in [0.25, 0.3) is 0 Å². The average molecular weight is 385 g/mol. The predicted octanol–water partition coefficient (Wildman–Crippen LogP) is 0.864. The van der Waals surface area contributed by atoms with Crippen LogP contribution in [0, 0.1) is 0 Å². The number of benzene rings is 1. The van der Waals surface area contributed by atoms with Crippen LogP contribution in [0.4, 0.5) is 0 Å². The molecule has 2 aliphatic heterocycles. The maximum absolute atomic E-state index is 12.7. The Morgan fingerprint density at radius 2 is 1.72 bits per heavy atom. The SMILES string of the molecule is O=C(CN1C(=O)CCC1=O)N1CCC(S(=O)(=O)c2ccc(Cl)cc2)C1. The van der Waals surface area contributed by atoms with Crippen molar-refractivity contribution < 1.29 is 22.8 Å². The monoisotopic (exact) mass is 384 g/mol. The molecule has 3 amide bonds. The zero-order chi connectivity index (χ0) is 18.2. The van der Waals surface area contributed by atoms with Crippen LogP contribution in [0.1, 0.15) is 19.3 Å². The van der Waals surface area contributed by atoms with Gasteiger partial charge in [0.15, 0.2) is 9.84 Å². The number of carbonyl (C=O) groups is 3. The van der Waals surface area contributed by atoms with E-state index in [1.807, 2.05) is 0 Å². The summed E-state index contributed by atoms with van der Waals surface area (Å²) in [6.45, 7) is 0.0257. The van der Waals surface area contributed by atoms with Crippen LogP contribution in [0.5, 0.6) is 0 Å². The van der Waals surface area contributed by atoms with E-state index in [1.165, 1.54) is 29.2 Å². The van der Waals surface area contributed by atoms with Gasteiger partial charge in [0.1, 0.15) is 6.54 Å². The van der Waals surface area contributed by atoms with Crippen molar-refractivity contribution in [3.8, 4) is 0 Å². The molecule has 1 aromatic carbocycles. The zero-order valence-electron chi connectivity index (χ0n) is 13.4. The summed E-state index contributed by atoms with van der Waals surface area (Å²) in [5, 5.41) is -0.260. The second kappa shape index (κ2) is 6.76. The second-order valence-corrected chi connectivity index (χ2v) is 8.79. The molecule has 0 spiro atoms. The van der Waals surface area contributed by atoms with E-state index in [-0.39, 0.29) is 49.2 Å². The third kappa shape index (κ3) is 3.55. The first-order valence-electron chi connectivity index (χ1n) is 7.89. The third-order valence-corrected chi connectivity index (χ3v) is 6.97. The van der Waals surface area contributed by atoms with Crippen LogP contribution >= 0.6 is 11.6 Å². The lowest BCUT2D eigenvalue weighted by molar-refractivity contribution is -0.145. The number of sulfone groups is 1. The molecule has 0 aromatic heterocycles. The smallest absolute Gasteiger partial charge is 0.242 e. The molecular formula is C16H17ClN2O5S. The minimum atomic E-state index is -3.57. The number of imide groups is 1. The normalized spacial score (nSPS) is 21.2. The van der Waals surface area contributed by atoms with Crippen molar-refractivity contribution in [2.24, 2.45) is 0 Å². The predicted molar refractivity (Wildman–Crippen MR) is 89.6 cm³/mol. The van der Waals surface area contributed by atoms with Gasteiger partial charge in [0.25, 0.3) is 0 Å². The van der Waals surface area contributed by atoms with E-state index in [0.29, 0.717) is 11.4 Å². The summed E-state index contributed by atoms with van der Waals surface area (Å²) < 4.78 is 25.3. The van der Waals surface area contributed by atoms with Crippen molar-refractivity contribution in [2.45, 2.75) is 29.4 Å². The first-order chi connectivity index (χ1) is 11.8. The lowest BCUT2D eigenvalue weighted by Crippen LogP contribution is -2.42. The molecule has 0 saturated carbocycles. The molecule has 0 radical (unpaired) electrons. The van der Waals surface area contributed by atoms with Gasteiger partial charge < -0.3 is 4.90 Å². The number of hydrogen-bond acceptors (Lipinski definition) is 5. The van der Waals surface area contributed by atoms with Gasteiger partial charge in [-0.1, -0.05) is 11.6 Å². The van der Waals surface area contributed by atoms with Crippen molar-refractivity contribution in [3.05, 3.63) is 29.3 Å². The molecule has 1 unspecified atom stereocenters. The minimum Gasteiger partial charge on any atom is -0.340 e. The molecule has 2 fully saturated rings. The first-order valence-corrected chi connectivity index (χ1v) is 9.82. The van der Waals surface area contributed by atoms with Gasteiger partial charge >= 0.3 is 0 Å². The van der Waals surface area contributed by atoms with Crippen LogP contribution in [0.2, 0.25) is 5.02 Å². The van der Waals surface area contributed by atoms with Gasteiger partial charge in [0.2, 0.25) is 17.7 Å². The largest absolute Gasteiger partial charge is 0.340 e. The Kier molecular flexibility index (Phi) is 4.83. The minimum absolute atomic E-state index is 0.0556. The molecule has 134 valence electrons. The number of amides is 3. The fourth-order valence-corrected chi connectivity index (χ4v) is 4.88. The fraction of sp³-hybridized carbons (Fsp3) is 0.438. The van der Waals surface area contributed by atoms with Crippen LogP contribution < -0.4 is 0 Å². The molecule has 0 bridgehead atoms. The molecule has 2 aliphatic rings. The lowest BCUT2D eigenvalue weighted by Gasteiger charge is -2.20. The number of hydrogen-bond donors (Lipinski definition) is 0. The van der Waals surface area contributed by atoms with Gasteiger partial charge in [-0.05, 0) is 30.7 Å². The van der Waals surface area contributed by atoms with Crippen LogP contribution in [-0.4, -0.2) is 60.8 Å². The number of carbonyl (C=O) groups excluding carboxylic acids is 3. The number of likely N-dealkylation sites (tertiary alicyclic amines) is 2. The van der Waals surface area contributed by atoms with Gasteiger partial charge in [0, 0.05) is 31.0 Å². The maximum Gasteiger partial charge on any atom is 0.242 e. The van der Waals surface area contributed by atoms with E-state index in [2.05, 4.69) is 0 Å². The Bertz CT molecular complexity index is 805. The van der Waals surface area contributed by atoms with Crippen molar-refractivity contribution in [1.29, 1.82) is 0 Å². The molecule has 9 heteroatoms. The summed E-state index contributed by atoms with van der Waals surface area (Å²) in [7, 11) is -3.57. The van der Waals surface area contributed by atoms with Crippen LogP contribution in [0.15, 0.2) is 29.2 Å². The maximum atomic E-state index is 12.7. The van der Waals surface area contributed by atoms with Crippen molar-refractivity contribution in [3.63, 3.8) is 0 Å². The number of rotatable bonds is 4. The summed E-state index contributed by atoms with van der Waals surface area (Å²) in [6.07, 6.45) is 0.567. The highest BCUT2D eigenvalue weighted by Gasteiger charge is 2.38. The highest BCUT2D eigenvalue weighted by molar-refractivity contribution is 7.92. The first kappa shape index (κ1) is 17.9. The molecule has 1 atom stereocenters. The van der Waals surface area contributed by atoms with Crippen LogP contribution in [-0.2, 0) is 24.2 Å². The highest BCUT2D eigenvalue weighted by Crippen LogP contribution is 2.25. The van der Waals surface area contributed by atoms with Crippen molar-refractivity contribution >= 4 is 39.2 Å². The molecular weight excluding hydrogens is 368 g/mol. The fourth-order valence-electron chi connectivity index (χ4n) is 3.06. The topological polar surface area (TPSA) is 91.8 Å². The van der Waals surface area contributed by atoms with E-state index in [9.17, 15) is 22.8 Å². The van der Waals surface area contributed by atoms with E-state index >= 15 is 0 Å².